The minimum Gasteiger partial charge on any atom is -0.167 e. The molecule has 0 saturated carbocycles. The predicted octanol–water partition coefficient (Wildman–Crippen LogP) is 5.59. The Morgan fingerprint density at radius 3 is 0.900 bits per heavy atom. The molecule has 4 aromatic heterocycles. The van der Waals surface area contributed by atoms with E-state index in [2.05, 4.69) is 177 Å². The average molecular weight is 515 g/mol. The number of hydrogen-bond donors (Lipinski definition) is 0. The fraction of sp³-hybridized carbons (Fsp3) is 0. The molecule has 0 atom stereocenters. The zero-order valence-corrected chi connectivity index (χ0v) is 21.8. The molecule has 15 rings (SSSR count). The monoisotopic (exact) mass is 514 g/mol. The smallest absolute Gasteiger partial charge is 0.167 e. The van der Waals surface area contributed by atoms with E-state index in [1.165, 1.54) is 33.0 Å². The number of hydrogen-bond acceptors (Lipinski definition) is 0. The molecule has 4 nitrogen and oxygen atoms in total. The summed E-state index contributed by atoms with van der Waals surface area (Å²) in [5.74, 6) is 0. The van der Waals surface area contributed by atoms with Crippen molar-refractivity contribution in [3.8, 4) is 45.0 Å². The molecular weight excluding hydrogens is 488 g/mol. The second kappa shape index (κ2) is 9.07. The topological polar surface area (TPSA) is 15.5 Å². The number of pyridine rings is 4. The van der Waals surface area contributed by atoms with Gasteiger partial charge in [0, 0.05) is 84.9 Å². The Labute approximate surface area is 232 Å². The van der Waals surface area contributed by atoms with Crippen molar-refractivity contribution >= 4 is 10.8 Å². The molecule has 12 heterocycles. The second-order valence-electron chi connectivity index (χ2n) is 10.1. The van der Waals surface area contributed by atoms with Gasteiger partial charge in [-0.2, -0.15) is 18.3 Å². The van der Waals surface area contributed by atoms with Crippen LogP contribution >= 0.6 is 0 Å². The third kappa shape index (κ3) is 3.77. The summed E-state index contributed by atoms with van der Waals surface area (Å²) in [6, 6.07) is 39.1. The van der Waals surface area contributed by atoms with Gasteiger partial charge in [0.1, 0.15) is 0 Å². The number of aromatic nitrogens is 4. The van der Waals surface area contributed by atoms with Gasteiger partial charge in [-0.3, -0.25) is 0 Å². The summed E-state index contributed by atoms with van der Waals surface area (Å²) in [5, 5.41) is 2.42. The van der Waals surface area contributed by atoms with Crippen molar-refractivity contribution in [3.63, 3.8) is 0 Å². The highest BCUT2D eigenvalue weighted by molar-refractivity contribution is 5.93. The van der Waals surface area contributed by atoms with Gasteiger partial charge in [0.15, 0.2) is 49.6 Å². The number of fused-ring (bicyclic) bond motifs is 1. The number of benzene rings is 3. The molecule has 8 aliphatic heterocycles. The molecule has 0 radical (unpaired) electrons. The molecule has 186 valence electrons. The van der Waals surface area contributed by atoms with E-state index in [-0.39, 0.29) is 0 Å². The van der Waals surface area contributed by atoms with Gasteiger partial charge in [0.25, 0.3) is 0 Å². The third-order valence-electron chi connectivity index (χ3n) is 7.86. The summed E-state index contributed by atoms with van der Waals surface area (Å²) in [7, 11) is 0. The van der Waals surface area contributed by atoms with Crippen molar-refractivity contribution in [2.45, 2.75) is 0 Å². The van der Waals surface area contributed by atoms with Crippen molar-refractivity contribution in [1.29, 1.82) is 0 Å². The zero-order chi connectivity index (χ0) is 26.5. The zero-order valence-electron chi connectivity index (χ0n) is 21.8. The Balaban J connectivity index is 1.32. The molecule has 0 unspecified atom stereocenters. The maximum Gasteiger partial charge on any atom is 0.218 e. The molecule has 40 heavy (non-hydrogen) atoms. The van der Waals surface area contributed by atoms with E-state index >= 15 is 0 Å². The highest BCUT2D eigenvalue weighted by atomic mass is 15.0. The van der Waals surface area contributed by atoms with E-state index in [0.717, 1.165) is 22.7 Å². The van der Waals surface area contributed by atoms with Crippen LogP contribution in [0.25, 0.3) is 55.8 Å². The van der Waals surface area contributed by atoms with Gasteiger partial charge in [-0.05, 0) is 34.4 Å². The molecule has 0 spiro atoms. The van der Waals surface area contributed by atoms with Crippen molar-refractivity contribution in [2.75, 3.05) is 0 Å². The third-order valence-corrected chi connectivity index (χ3v) is 7.86. The Morgan fingerprint density at radius 2 is 0.575 bits per heavy atom. The van der Waals surface area contributed by atoms with Crippen LogP contribution < -0.4 is 18.3 Å². The van der Waals surface area contributed by atoms with E-state index in [9.17, 15) is 0 Å². The quantitative estimate of drug-likeness (QED) is 0.234. The lowest BCUT2D eigenvalue weighted by Crippen LogP contribution is -2.32. The highest BCUT2D eigenvalue weighted by Crippen LogP contribution is 2.24. The van der Waals surface area contributed by atoms with Crippen molar-refractivity contribution in [3.05, 3.63) is 159 Å². The SMILES string of the molecule is c1cc2c3cccc(c3c1)-[n+]1ccc(cc1)-c1cc[n+](cc1)-c1ccc(cc1)-[n+]1ccc(cc1)-c1cc[n+]-2cc1. The van der Waals surface area contributed by atoms with Crippen LogP contribution in [0.5, 0.6) is 0 Å². The van der Waals surface area contributed by atoms with Crippen LogP contribution in [0.15, 0.2) is 159 Å². The van der Waals surface area contributed by atoms with Crippen LogP contribution in [-0.2, 0) is 0 Å². The fourth-order valence-electron chi connectivity index (χ4n) is 5.67. The van der Waals surface area contributed by atoms with Gasteiger partial charge >= 0.3 is 0 Å². The lowest BCUT2D eigenvalue weighted by Gasteiger charge is -2.06. The van der Waals surface area contributed by atoms with E-state index in [4.69, 9.17) is 0 Å². The van der Waals surface area contributed by atoms with Crippen molar-refractivity contribution in [1.82, 2.24) is 0 Å². The van der Waals surface area contributed by atoms with E-state index in [1.54, 1.807) is 0 Å². The standard InChI is InChI=1S/C36H26N4/c1-3-33-34-4-2-6-36(33)40-25-17-30(18-26-40)28-13-21-38(22-14-28)32-9-7-31(8-10-32)37-19-11-27(12-20-37)29-15-23-39(24-16-29)35(34)5-1/h1-26H/q+4. The molecule has 0 fully saturated rings. The molecule has 0 saturated heterocycles. The summed E-state index contributed by atoms with van der Waals surface area (Å²) in [6.07, 6.45) is 17.1. The van der Waals surface area contributed by atoms with E-state index in [1.807, 2.05) is 0 Å². The maximum absolute atomic E-state index is 2.20. The average Bonchev–Trinajstić information content (AvgIpc) is 3.04. The minimum atomic E-state index is 1.13. The van der Waals surface area contributed by atoms with Crippen LogP contribution in [0.3, 0.4) is 0 Å². The lowest BCUT2D eigenvalue weighted by molar-refractivity contribution is -0.599. The summed E-state index contributed by atoms with van der Waals surface area (Å²) in [4.78, 5) is 0. The Morgan fingerprint density at radius 1 is 0.275 bits per heavy atom. The molecule has 14 bridgehead atoms. The Hall–Kier alpha value is -5.48. The minimum absolute atomic E-state index is 1.13. The maximum atomic E-state index is 2.20. The predicted molar refractivity (Wildman–Crippen MR) is 155 cm³/mol. The van der Waals surface area contributed by atoms with Crippen LogP contribution in [0, 0.1) is 0 Å². The van der Waals surface area contributed by atoms with Gasteiger partial charge in [0.05, 0.1) is 10.8 Å². The molecule has 4 heteroatoms. The first-order valence-electron chi connectivity index (χ1n) is 13.5. The van der Waals surface area contributed by atoms with Crippen molar-refractivity contribution < 1.29 is 18.3 Å². The van der Waals surface area contributed by atoms with Gasteiger partial charge < -0.3 is 0 Å². The molecule has 7 aromatic rings. The normalized spacial score (nSPS) is 11.5. The van der Waals surface area contributed by atoms with Crippen LogP contribution in [0.1, 0.15) is 0 Å². The molecule has 0 amide bonds. The van der Waals surface area contributed by atoms with E-state index in [0.29, 0.717) is 0 Å². The highest BCUT2D eigenvalue weighted by Gasteiger charge is 2.18. The first-order valence-corrected chi connectivity index (χ1v) is 13.5. The molecule has 8 aliphatic rings. The van der Waals surface area contributed by atoms with Gasteiger partial charge in [-0.1, -0.05) is 12.1 Å². The fourth-order valence-corrected chi connectivity index (χ4v) is 5.67. The largest absolute Gasteiger partial charge is 0.218 e. The lowest BCUT2D eigenvalue weighted by atomic mass is 10.0. The van der Waals surface area contributed by atoms with Crippen molar-refractivity contribution in [2.24, 2.45) is 0 Å². The first kappa shape index (κ1) is 22.5. The summed E-state index contributed by atoms with van der Waals surface area (Å²) < 4.78 is 8.71. The molecule has 0 aliphatic carbocycles. The number of nitrogens with zero attached hydrogens (tertiary/aromatic N) is 4. The molecule has 0 N–H and O–H groups in total. The summed E-state index contributed by atoms with van der Waals surface area (Å²) in [5.41, 5.74) is 9.31. The van der Waals surface area contributed by atoms with Crippen LogP contribution in [0.2, 0.25) is 0 Å². The summed E-state index contributed by atoms with van der Waals surface area (Å²) >= 11 is 0. The first-order chi connectivity index (χ1) is 19.8. The second-order valence-corrected chi connectivity index (χ2v) is 10.1. The number of rotatable bonds is 0. The Kier molecular flexibility index (Phi) is 5.10. The molecule has 3 aromatic carbocycles. The van der Waals surface area contributed by atoms with Gasteiger partial charge in [0.2, 0.25) is 22.7 Å². The van der Waals surface area contributed by atoms with Gasteiger partial charge in [-0.25, -0.2) is 0 Å². The van der Waals surface area contributed by atoms with Crippen LogP contribution in [-0.4, -0.2) is 0 Å². The molecular formula is C36H26N4+4. The summed E-state index contributed by atoms with van der Waals surface area (Å²) in [6.45, 7) is 0. The Bertz CT molecular complexity index is 1840. The van der Waals surface area contributed by atoms with Crippen LogP contribution in [0.4, 0.5) is 0 Å². The van der Waals surface area contributed by atoms with E-state index < -0.39 is 0 Å². The van der Waals surface area contributed by atoms with Gasteiger partial charge in [-0.15, -0.1) is 0 Å².